The number of benzene rings is 2. The van der Waals surface area contributed by atoms with Crippen molar-refractivity contribution in [3.05, 3.63) is 115 Å². The molecule has 8 nitrogen and oxygen atoms in total. The minimum Gasteiger partial charge on any atom is -0.439 e. The van der Waals surface area contributed by atoms with Gasteiger partial charge in [-0.1, -0.05) is 36.9 Å². The normalized spacial score (nSPS) is 11.0. The van der Waals surface area contributed by atoms with E-state index in [1.54, 1.807) is 54.9 Å². The number of pyridine rings is 3. The molecular formula is C31H23F3N6O2. The highest BCUT2D eigenvalue weighted by molar-refractivity contribution is 6.02. The van der Waals surface area contributed by atoms with E-state index in [0.717, 1.165) is 28.8 Å². The first-order valence-corrected chi connectivity index (χ1v) is 12.5. The van der Waals surface area contributed by atoms with Crippen LogP contribution in [0.1, 0.15) is 11.1 Å². The number of nitrogens with zero attached hydrogens (tertiary/aromatic N) is 3. The monoisotopic (exact) mass is 568 g/mol. The molecule has 5 aromatic rings. The summed E-state index contributed by atoms with van der Waals surface area (Å²) in [5.41, 5.74) is 8.78. The van der Waals surface area contributed by atoms with Crippen molar-refractivity contribution in [3.8, 4) is 33.9 Å². The Balaban J connectivity index is 1.26. The minimum absolute atomic E-state index is 0.0274. The number of ether oxygens (including phenoxy) is 1. The SMILES string of the molecule is C=Cc1cnc(N)c(-c2ccc(Oc3ccc(NC(=O)Nc4cc(C(F)(F)F)ccc4-c4cccnc4)cn3)cc2)c1. The zero-order chi connectivity index (χ0) is 29.7. The highest BCUT2D eigenvalue weighted by atomic mass is 19.4. The highest BCUT2D eigenvalue weighted by Crippen LogP contribution is 2.36. The van der Waals surface area contributed by atoms with Crippen molar-refractivity contribution >= 4 is 29.3 Å². The molecule has 42 heavy (non-hydrogen) atoms. The third-order valence-corrected chi connectivity index (χ3v) is 6.12. The minimum atomic E-state index is -4.58. The number of nitrogen functional groups attached to an aromatic ring is 1. The molecule has 0 aliphatic carbocycles. The summed E-state index contributed by atoms with van der Waals surface area (Å²) < 4.78 is 45.8. The summed E-state index contributed by atoms with van der Waals surface area (Å²) >= 11 is 0. The van der Waals surface area contributed by atoms with Gasteiger partial charge in [-0.2, -0.15) is 13.2 Å². The van der Waals surface area contributed by atoms with Gasteiger partial charge in [-0.05, 0) is 53.6 Å². The maximum Gasteiger partial charge on any atom is 0.416 e. The van der Waals surface area contributed by atoms with E-state index in [1.165, 1.54) is 18.5 Å². The summed E-state index contributed by atoms with van der Waals surface area (Å²) in [6.07, 6.45) is 3.15. The Labute approximate surface area is 238 Å². The average molecular weight is 569 g/mol. The van der Waals surface area contributed by atoms with Gasteiger partial charge in [0, 0.05) is 41.3 Å². The largest absolute Gasteiger partial charge is 0.439 e. The van der Waals surface area contributed by atoms with E-state index in [1.807, 2.05) is 18.2 Å². The number of aromatic nitrogens is 3. The number of hydrogen-bond donors (Lipinski definition) is 3. The van der Waals surface area contributed by atoms with E-state index in [9.17, 15) is 18.0 Å². The van der Waals surface area contributed by atoms with Gasteiger partial charge >= 0.3 is 12.2 Å². The molecule has 3 heterocycles. The van der Waals surface area contributed by atoms with E-state index in [0.29, 0.717) is 28.4 Å². The van der Waals surface area contributed by atoms with Gasteiger partial charge in [0.2, 0.25) is 5.88 Å². The molecule has 0 spiro atoms. The number of hydrogen-bond acceptors (Lipinski definition) is 6. The number of amides is 2. The van der Waals surface area contributed by atoms with Crippen LogP contribution in [0.3, 0.4) is 0 Å². The van der Waals surface area contributed by atoms with Crippen molar-refractivity contribution in [2.75, 3.05) is 16.4 Å². The second-order valence-corrected chi connectivity index (χ2v) is 9.00. The van der Waals surface area contributed by atoms with Gasteiger partial charge in [-0.15, -0.1) is 0 Å². The maximum atomic E-state index is 13.4. The van der Waals surface area contributed by atoms with Crippen molar-refractivity contribution < 1.29 is 22.7 Å². The van der Waals surface area contributed by atoms with Crippen molar-refractivity contribution in [1.82, 2.24) is 15.0 Å². The standard InChI is InChI=1S/C31H23F3N6O2/c1-2-19-14-26(29(35)38-16-19)20-5-9-24(10-6-20)42-28-12-8-23(18-37-28)39-30(41)40-27-15-22(31(32,33)34)7-11-25(27)21-4-3-13-36-17-21/h2-18H,1H2,(H2,35,38)(H2,39,40,41). The molecule has 0 fully saturated rings. The van der Waals surface area contributed by atoms with E-state index in [4.69, 9.17) is 10.5 Å². The van der Waals surface area contributed by atoms with Gasteiger partial charge in [-0.25, -0.2) is 14.8 Å². The molecule has 0 bridgehead atoms. The Kier molecular flexibility index (Phi) is 7.82. The molecule has 4 N–H and O–H groups in total. The Bertz CT molecular complexity index is 1730. The van der Waals surface area contributed by atoms with Crippen LogP contribution in [0.2, 0.25) is 0 Å². The number of nitrogens with one attached hydrogen (secondary N) is 2. The van der Waals surface area contributed by atoms with E-state index in [-0.39, 0.29) is 11.6 Å². The fourth-order valence-electron chi connectivity index (χ4n) is 4.05. The molecule has 210 valence electrons. The lowest BCUT2D eigenvalue weighted by molar-refractivity contribution is -0.137. The third-order valence-electron chi connectivity index (χ3n) is 6.12. The number of nitrogens with two attached hydrogens (primary N) is 1. The molecule has 11 heteroatoms. The first-order valence-electron chi connectivity index (χ1n) is 12.5. The molecule has 0 saturated carbocycles. The molecular weight excluding hydrogens is 545 g/mol. The Hall–Kier alpha value is -5.71. The number of halogens is 3. The maximum absolute atomic E-state index is 13.4. The lowest BCUT2D eigenvalue weighted by Crippen LogP contribution is -2.20. The number of alkyl halides is 3. The highest BCUT2D eigenvalue weighted by Gasteiger charge is 2.31. The Morgan fingerprint density at radius 1 is 0.881 bits per heavy atom. The molecule has 0 saturated heterocycles. The van der Waals surface area contributed by atoms with Crippen LogP contribution in [0.5, 0.6) is 11.6 Å². The summed E-state index contributed by atoms with van der Waals surface area (Å²) in [5, 5.41) is 5.07. The lowest BCUT2D eigenvalue weighted by Gasteiger charge is -2.15. The summed E-state index contributed by atoms with van der Waals surface area (Å²) in [5.74, 6) is 1.17. The number of anilines is 3. The van der Waals surface area contributed by atoms with E-state index >= 15 is 0 Å². The van der Waals surface area contributed by atoms with Gasteiger partial charge < -0.3 is 21.1 Å². The van der Waals surface area contributed by atoms with E-state index in [2.05, 4.69) is 32.2 Å². The second-order valence-electron chi connectivity index (χ2n) is 9.00. The summed E-state index contributed by atoms with van der Waals surface area (Å²) in [6, 6.07) is 17.9. The zero-order valence-electron chi connectivity index (χ0n) is 21.9. The van der Waals surface area contributed by atoms with Crippen LogP contribution in [0.15, 0.2) is 104 Å². The van der Waals surface area contributed by atoms with Crippen LogP contribution < -0.4 is 21.1 Å². The van der Waals surface area contributed by atoms with Crippen LogP contribution in [0, 0.1) is 0 Å². The van der Waals surface area contributed by atoms with Gasteiger partial charge in [0.05, 0.1) is 23.1 Å². The number of carbonyl (C=O) groups is 1. The van der Waals surface area contributed by atoms with Gasteiger partial charge in [0.1, 0.15) is 11.6 Å². The van der Waals surface area contributed by atoms with Crippen LogP contribution in [-0.2, 0) is 6.18 Å². The van der Waals surface area contributed by atoms with Gasteiger partial charge in [-0.3, -0.25) is 4.98 Å². The van der Waals surface area contributed by atoms with Crippen molar-refractivity contribution in [2.45, 2.75) is 6.18 Å². The molecule has 2 aromatic carbocycles. The van der Waals surface area contributed by atoms with Crippen LogP contribution >= 0.6 is 0 Å². The first kappa shape index (κ1) is 27.8. The molecule has 3 aromatic heterocycles. The predicted octanol–water partition coefficient (Wildman–Crippen LogP) is 7.89. The molecule has 0 atom stereocenters. The van der Waals surface area contributed by atoms with Crippen molar-refractivity contribution in [1.29, 1.82) is 0 Å². The molecule has 0 aliphatic rings. The smallest absolute Gasteiger partial charge is 0.416 e. The summed E-state index contributed by atoms with van der Waals surface area (Å²) in [6.45, 7) is 3.75. The fraction of sp³-hybridized carbons (Fsp3) is 0.0323. The Morgan fingerprint density at radius 3 is 2.36 bits per heavy atom. The average Bonchev–Trinajstić information content (AvgIpc) is 2.99. The first-order chi connectivity index (χ1) is 20.2. The lowest BCUT2D eigenvalue weighted by atomic mass is 10.0. The zero-order valence-corrected chi connectivity index (χ0v) is 21.9. The Morgan fingerprint density at radius 2 is 1.69 bits per heavy atom. The third kappa shape index (κ3) is 6.53. The number of urea groups is 1. The number of carbonyl (C=O) groups excluding carboxylic acids is 1. The number of rotatable bonds is 7. The summed E-state index contributed by atoms with van der Waals surface area (Å²) in [4.78, 5) is 25.1. The van der Waals surface area contributed by atoms with Crippen LogP contribution in [0.25, 0.3) is 28.3 Å². The van der Waals surface area contributed by atoms with E-state index < -0.39 is 17.8 Å². The second kappa shape index (κ2) is 11.8. The molecule has 5 rings (SSSR count). The molecule has 0 unspecified atom stereocenters. The van der Waals surface area contributed by atoms with Gasteiger partial charge in [0.15, 0.2) is 0 Å². The summed E-state index contributed by atoms with van der Waals surface area (Å²) in [7, 11) is 0. The topological polar surface area (TPSA) is 115 Å². The quantitative estimate of drug-likeness (QED) is 0.184. The van der Waals surface area contributed by atoms with Crippen molar-refractivity contribution in [3.63, 3.8) is 0 Å². The fourth-order valence-corrected chi connectivity index (χ4v) is 4.05. The van der Waals surface area contributed by atoms with Crippen LogP contribution in [0.4, 0.5) is 35.2 Å². The predicted molar refractivity (Wildman–Crippen MR) is 156 cm³/mol. The van der Waals surface area contributed by atoms with Gasteiger partial charge in [0.25, 0.3) is 0 Å². The molecule has 0 radical (unpaired) electrons. The molecule has 0 aliphatic heterocycles. The van der Waals surface area contributed by atoms with Crippen molar-refractivity contribution in [2.24, 2.45) is 0 Å². The molecule has 2 amide bonds. The van der Waals surface area contributed by atoms with Crippen LogP contribution in [-0.4, -0.2) is 21.0 Å².